The highest BCUT2D eigenvalue weighted by Gasteiger charge is 2.25. The van der Waals surface area contributed by atoms with Crippen LogP contribution in [0, 0.1) is 11.7 Å². The summed E-state index contributed by atoms with van der Waals surface area (Å²) in [7, 11) is 0. The summed E-state index contributed by atoms with van der Waals surface area (Å²) in [5.74, 6) is -1.49. The van der Waals surface area contributed by atoms with Crippen molar-refractivity contribution in [2.24, 2.45) is 5.92 Å². The minimum Gasteiger partial charge on any atom is -0.481 e. The van der Waals surface area contributed by atoms with Crippen LogP contribution in [0.1, 0.15) is 18.4 Å². The zero-order chi connectivity index (χ0) is 13.1. The number of likely N-dealkylation sites (tertiary alicyclic amines) is 1. The molecule has 1 heterocycles. The molecule has 1 aliphatic rings. The molecule has 0 spiro atoms. The van der Waals surface area contributed by atoms with Crippen molar-refractivity contribution in [3.63, 3.8) is 0 Å². The Labute approximate surface area is 110 Å². The van der Waals surface area contributed by atoms with Crippen LogP contribution < -0.4 is 0 Å². The molecule has 1 aromatic carbocycles. The lowest BCUT2D eigenvalue weighted by atomic mass is 9.98. The zero-order valence-electron chi connectivity index (χ0n) is 9.90. The van der Waals surface area contributed by atoms with Crippen molar-refractivity contribution in [2.45, 2.75) is 19.4 Å². The van der Waals surface area contributed by atoms with Gasteiger partial charge in [0.25, 0.3) is 0 Å². The SMILES string of the molecule is O=C(O)[C@@H]1CCCN(Cc2ccc(Cl)c(F)c2)C1. The molecule has 1 fully saturated rings. The van der Waals surface area contributed by atoms with E-state index in [1.807, 2.05) is 4.90 Å². The van der Waals surface area contributed by atoms with E-state index in [0.717, 1.165) is 24.9 Å². The lowest BCUT2D eigenvalue weighted by Gasteiger charge is -2.30. The van der Waals surface area contributed by atoms with Crippen LogP contribution in [-0.2, 0) is 11.3 Å². The largest absolute Gasteiger partial charge is 0.481 e. The number of carboxylic acid groups (broad SMARTS) is 1. The summed E-state index contributed by atoms with van der Waals surface area (Å²) in [6.45, 7) is 1.95. The van der Waals surface area contributed by atoms with Crippen LogP contribution in [0.3, 0.4) is 0 Å². The van der Waals surface area contributed by atoms with E-state index in [1.165, 1.54) is 12.1 Å². The van der Waals surface area contributed by atoms with E-state index in [4.69, 9.17) is 16.7 Å². The van der Waals surface area contributed by atoms with Gasteiger partial charge in [-0.2, -0.15) is 0 Å². The van der Waals surface area contributed by atoms with Crippen molar-refractivity contribution < 1.29 is 14.3 Å². The Morgan fingerprint density at radius 2 is 2.33 bits per heavy atom. The van der Waals surface area contributed by atoms with Crippen LogP contribution >= 0.6 is 11.6 Å². The van der Waals surface area contributed by atoms with Crippen molar-refractivity contribution in [3.8, 4) is 0 Å². The average molecular weight is 272 g/mol. The Hall–Kier alpha value is -1.13. The first kappa shape index (κ1) is 13.3. The fourth-order valence-corrected chi connectivity index (χ4v) is 2.41. The van der Waals surface area contributed by atoms with Gasteiger partial charge in [0.1, 0.15) is 5.82 Å². The Morgan fingerprint density at radius 3 is 3.00 bits per heavy atom. The van der Waals surface area contributed by atoms with Crippen molar-refractivity contribution in [3.05, 3.63) is 34.6 Å². The number of hydrogen-bond acceptors (Lipinski definition) is 2. The summed E-state index contributed by atoms with van der Waals surface area (Å²) < 4.78 is 13.3. The van der Waals surface area contributed by atoms with Gasteiger partial charge in [-0.3, -0.25) is 9.69 Å². The summed E-state index contributed by atoms with van der Waals surface area (Å²) in [6.07, 6.45) is 1.59. The lowest BCUT2D eigenvalue weighted by molar-refractivity contribution is -0.143. The fraction of sp³-hybridized carbons (Fsp3) is 0.462. The maximum atomic E-state index is 13.3. The van der Waals surface area contributed by atoms with Crippen molar-refractivity contribution in [1.82, 2.24) is 4.90 Å². The molecular formula is C13H15ClFNO2. The van der Waals surface area contributed by atoms with Crippen LogP contribution in [0.5, 0.6) is 0 Å². The number of rotatable bonds is 3. The molecule has 1 saturated heterocycles. The van der Waals surface area contributed by atoms with E-state index in [-0.39, 0.29) is 10.9 Å². The van der Waals surface area contributed by atoms with Gasteiger partial charge in [-0.1, -0.05) is 17.7 Å². The number of piperidine rings is 1. The molecule has 0 aliphatic carbocycles. The zero-order valence-corrected chi connectivity index (χ0v) is 10.7. The first-order valence-electron chi connectivity index (χ1n) is 5.95. The third kappa shape index (κ3) is 3.21. The van der Waals surface area contributed by atoms with Gasteiger partial charge in [-0.25, -0.2) is 4.39 Å². The summed E-state index contributed by atoms with van der Waals surface area (Å²) >= 11 is 5.62. The van der Waals surface area contributed by atoms with Gasteiger partial charge < -0.3 is 5.11 Å². The molecule has 98 valence electrons. The number of halogens is 2. The first-order valence-corrected chi connectivity index (χ1v) is 6.33. The third-order valence-electron chi connectivity index (χ3n) is 3.24. The van der Waals surface area contributed by atoms with Gasteiger partial charge in [0.15, 0.2) is 0 Å². The van der Waals surface area contributed by atoms with Gasteiger partial charge in [0.05, 0.1) is 10.9 Å². The number of hydrogen-bond donors (Lipinski definition) is 1. The Bertz CT molecular complexity index is 453. The predicted octanol–water partition coefficient (Wildman–Crippen LogP) is 2.78. The van der Waals surface area contributed by atoms with E-state index in [2.05, 4.69) is 0 Å². The fourth-order valence-electron chi connectivity index (χ4n) is 2.30. The van der Waals surface area contributed by atoms with Crippen molar-refractivity contribution in [2.75, 3.05) is 13.1 Å². The predicted molar refractivity (Wildman–Crippen MR) is 67.0 cm³/mol. The Morgan fingerprint density at radius 1 is 1.56 bits per heavy atom. The summed E-state index contributed by atoms with van der Waals surface area (Å²) in [5, 5.41) is 9.11. The molecule has 1 N–H and O–H groups in total. The standard InChI is InChI=1S/C13H15ClFNO2/c14-11-4-3-9(6-12(11)15)7-16-5-1-2-10(8-16)13(17)18/h3-4,6,10H,1-2,5,7-8H2,(H,17,18)/t10-/m1/s1. The average Bonchev–Trinajstić information content (AvgIpc) is 2.34. The minimum atomic E-state index is -0.748. The number of benzene rings is 1. The second-order valence-electron chi connectivity index (χ2n) is 4.66. The second-order valence-corrected chi connectivity index (χ2v) is 5.07. The van der Waals surface area contributed by atoms with E-state index in [0.29, 0.717) is 13.1 Å². The number of carboxylic acids is 1. The summed E-state index contributed by atoms with van der Waals surface area (Å²) in [4.78, 5) is 13.0. The molecule has 1 atom stereocenters. The van der Waals surface area contributed by atoms with Crippen LogP contribution in [0.25, 0.3) is 0 Å². The topological polar surface area (TPSA) is 40.5 Å². The molecule has 0 aromatic heterocycles. The number of nitrogens with zero attached hydrogens (tertiary/aromatic N) is 1. The monoisotopic (exact) mass is 271 g/mol. The number of aliphatic carboxylic acids is 1. The molecule has 0 amide bonds. The highest BCUT2D eigenvalue weighted by molar-refractivity contribution is 6.30. The summed E-state index contributed by atoms with van der Waals surface area (Å²) in [5.41, 5.74) is 0.822. The lowest BCUT2D eigenvalue weighted by Crippen LogP contribution is -2.38. The van der Waals surface area contributed by atoms with Gasteiger partial charge in [0, 0.05) is 13.1 Å². The maximum Gasteiger partial charge on any atom is 0.307 e. The molecule has 3 nitrogen and oxygen atoms in total. The Kier molecular flexibility index (Phi) is 4.19. The highest BCUT2D eigenvalue weighted by atomic mass is 35.5. The van der Waals surface area contributed by atoms with Gasteiger partial charge in [0.2, 0.25) is 0 Å². The molecule has 0 unspecified atom stereocenters. The van der Waals surface area contributed by atoms with Crippen LogP contribution in [0.15, 0.2) is 18.2 Å². The smallest absolute Gasteiger partial charge is 0.307 e. The van der Waals surface area contributed by atoms with Gasteiger partial charge in [-0.05, 0) is 37.1 Å². The van der Waals surface area contributed by atoms with Crippen molar-refractivity contribution >= 4 is 17.6 Å². The van der Waals surface area contributed by atoms with Crippen LogP contribution in [0.2, 0.25) is 5.02 Å². The highest BCUT2D eigenvalue weighted by Crippen LogP contribution is 2.21. The molecule has 1 aromatic rings. The molecular weight excluding hydrogens is 257 g/mol. The quantitative estimate of drug-likeness (QED) is 0.919. The number of carbonyl (C=O) groups is 1. The van der Waals surface area contributed by atoms with Crippen molar-refractivity contribution in [1.29, 1.82) is 0 Å². The molecule has 0 radical (unpaired) electrons. The van der Waals surface area contributed by atoms with E-state index in [1.54, 1.807) is 6.07 Å². The van der Waals surface area contributed by atoms with E-state index < -0.39 is 11.8 Å². The molecule has 5 heteroatoms. The summed E-state index contributed by atoms with van der Waals surface area (Å²) in [6, 6.07) is 4.72. The molecule has 0 bridgehead atoms. The van der Waals surface area contributed by atoms with E-state index >= 15 is 0 Å². The van der Waals surface area contributed by atoms with Crippen LogP contribution in [-0.4, -0.2) is 29.1 Å². The van der Waals surface area contributed by atoms with Gasteiger partial charge >= 0.3 is 5.97 Å². The minimum absolute atomic E-state index is 0.112. The third-order valence-corrected chi connectivity index (χ3v) is 3.55. The molecule has 1 aliphatic heterocycles. The van der Waals surface area contributed by atoms with Gasteiger partial charge in [-0.15, -0.1) is 0 Å². The van der Waals surface area contributed by atoms with E-state index in [9.17, 15) is 9.18 Å². The molecule has 18 heavy (non-hydrogen) atoms. The first-order chi connectivity index (χ1) is 8.56. The molecule has 2 rings (SSSR count). The maximum absolute atomic E-state index is 13.3. The Balaban J connectivity index is 2.00. The second kappa shape index (κ2) is 5.67. The normalized spacial score (nSPS) is 20.9. The molecule has 0 saturated carbocycles. The van der Waals surface area contributed by atoms with Crippen LogP contribution in [0.4, 0.5) is 4.39 Å².